The predicted molar refractivity (Wildman–Crippen MR) is 136 cm³/mol. The Morgan fingerprint density at radius 2 is 1.80 bits per heavy atom. The molecule has 0 saturated heterocycles. The number of urea groups is 1. The molecule has 0 aliphatic heterocycles. The van der Waals surface area contributed by atoms with Crippen LogP contribution in [0.2, 0.25) is 5.02 Å². The van der Waals surface area contributed by atoms with E-state index in [9.17, 15) is 13.6 Å². The van der Waals surface area contributed by atoms with Gasteiger partial charge in [0.25, 0.3) is 0 Å². The fourth-order valence-corrected chi connectivity index (χ4v) is 4.47. The van der Waals surface area contributed by atoms with Crippen molar-refractivity contribution in [1.29, 1.82) is 0 Å². The van der Waals surface area contributed by atoms with Crippen molar-refractivity contribution in [2.45, 2.75) is 26.2 Å². The second-order valence-electron chi connectivity index (χ2n) is 8.68. The first kappa shape index (κ1) is 24.5. The molecule has 7 nitrogen and oxygen atoms in total. The van der Waals surface area contributed by atoms with Crippen molar-refractivity contribution in [3.05, 3.63) is 70.3 Å². The average Bonchev–Trinajstić information content (AvgIpc) is 3.22. The molecule has 2 amide bonds. The van der Waals surface area contributed by atoms with E-state index in [-0.39, 0.29) is 27.8 Å². The van der Waals surface area contributed by atoms with E-state index in [0.29, 0.717) is 21.8 Å². The molecule has 4 rings (SSSR count). The molecule has 35 heavy (non-hydrogen) atoms. The zero-order valence-corrected chi connectivity index (χ0v) is 20.6. The maximum atomic E-state index is 14.6. The van der Waals surface area contributed by atoms with Crippen LogP contribution in [0.3, 0.4) is 0 Å². The Morgan fingerprint density at radius 1 is 1.03 bits per heavy atom. The number of nitrogens with one attached hydrogen (secondary N) is 2. The summed E-state index contributed by atoms with van der Waals surface area (Å²) in [4.78, 5) is 26.1. The first-order valence-electron chi connectivity index (χ1n) is 10.4. The van der Waals surface area contributed by atoms with Crippen LogP contribution in [-0.2, 0) is 5.41 Å². The molecule has 0 unspecified atom stereocenters. The zero-order valence-electron chi connectivity index (χ0n) is 19.0. The molecule has 0 fully saturated rings. The van der Waals surface area contributed by atoms with Crippen molar-refractivity contribution in [3.63, 3.8) is 0 Å². The van der Waals surface area contributed by atoms with Gasteiger partial charge in [0, 0.05) is 17.3 Å². The first-order valence-corrected chi connectivity index (χ1v) is 11.6. The fraction of sp³-hybridized carbons (Fsp3) is 0.167. The van der Waals surface area contributed by atoms with Crippen LogP contribution in [0.5, 0.6) is 0 Å². The van der Waals surface area contributed by atoms with E-state index in [1.54, 1.807) is 12.1 Å². The lowest BCUT2D eigenvalue weighted by atomic mass is 9.98. The van der Waals surface area contributed by atoms with Gasteiger partial charge in [-0.2, -0.15) is 0 Å². The number of aromatic nitrogens is 3. The summed E-state index contributed by atoms with van der Waals surface area (Å²) in [5.41, 5.74) is 7.29. The lowest BCUT2D eigenvalue weighted by Gasteiger charge is -2.13. The Kier molecular flexibility index (Phi) is 6.68. The minimum Gasteiger partial charge on any atom is -0.368 e. The number of anilines is 3. The molecule has 180 valence electrons. The van der Waals surface area contributed by atoms with E-state index in [0.717, 1.165) is 11.1 Å². The Hall–Kier alpha value is -3.63. The van der Waals surface area contributed by atoms with Crippen LogP contribution in [0.1, 0.15) is 25.8 Å². The number of thiazole rings is 1. The highest BCUT2D eigenvalue weighted by Gasteiger charge is 2.24. The summed E-state index contributed by atoms with van der Waals surface area (Å²) in [6.45, 7) is 6.07. The first-order chi connectivity index (χ1) is 16.5. The third-order valence-electron chi connectivity index (χ3n) is 4.78. The second-order valence-corrected chi connectivity index (χ2v) is 10.1. The van der Waals surface area contributed by atoms with Crippen molar-refractivity contribution < 1.29 is 13.6 Å². The smallest absolute Gasteiger partial charge is 0.323 e. The summed E-state index contributed by atoms with van der Waals surface area (Å²) in [7, 11) is 0. The van der Waals surface area contributed by atoms with Gasteiger partial charge in [0.1, 0.15) is 17.3 Å². The number of nitrogen functional groups attached to an aromatic ring is 1. The van der Waals surface area contributed by atoms with Crippen molar-refractivity contribution in [2.24, 2.45) is 0 Å². The molecule has 2 aromatic carbocycles. The van der Waals surface area contributed by atoms with Crippen molar-refractivity contribution >= 4 is 46.3 Å². The molecule has 0 aliphatic rings. The number of halogens is 3. The van der Waals surface area contributed by atoms with Gasteiger partial charge in [-0.05, 0) is 48.0 Å². The van der Waals surface area contributed by atoms with E-state index >= 15 is 0 Å². The summed E-state index contributed by atoms with van der Waals surface area (Å²) in [6, 6.07) is 8.69. The SMILES string of the molecule is CC(C)(C)c1nc(-c2ccnc(N)n2)c(-c2cc(F)cc(NC(=O)Nc3cc(F)ccc3Cl)c2)s1. The van der Waals surface area contributed by atoms with Gasteiger partial charge < -0.3 is 16.4 Å². The standard InChI is InChI=1S/C24H21ClF2N6OS/c1-24(2,3)21-33-19(17-6-7-29-22(28)31-17)20(35-21)12-8-14(27)10-15(9-12)30-23(34)32-18-11-13(26)4-5-16(18)25/h4-11H,1-3H3,(H2,28,29,31)(H2,30,32,34). The van der Waals surface area contributed by atoms with E-state index in [1.807, 2.05) is 20.8 Å². The number of carbonyl (C=O) groups excluding carboxylic acids is 1. The largest absolute Gasteiger partial charge is 0.368 e. The third kappa shape index (κ3) is 5.72. The number of carbonyl (C=O) groups is 1. The number of nitrogens with two attached hydrogens (primary N) is 1. The summed E-state index contributed by atoms with van der Waals surface area (Å²) < 4.78 is 28.1. The molecular formula is C24H21ClF2N6OS. The van der Waals surface area contributed by atoms with Gasteiger partial charge in [-0.25, -0.2) is 28.5 Å². The molecule has 4 aromatic rings. The van der Waals surface area contributed by atoms with Crippen molar-refractivity contribution in [3.8, 4) is 21.8 Å². The topological polar surface area (TPSA) is 106 Å². The highest BCUT2D eigenvalue weighted by Crippen LogP contribution is 2.41. The second kappa shape index (κ2) is 9.55. The molecule has 11 heteroatoms. The summed E-state index contributed by atoms with van der Waals surface area (Å²) in [5.74, 6) is -1.04. The highest BCUT2D eigenvalue weighted by atomic mass is 35.5. The number of hydrogen-bond donors (Lipinski definition) is 3. The van der Waals surface area contributed by atoms with Crippen LogP contribution in [0.15, 0.2) is 48.7 Å². The molecule has 0 bridgehead atoms. The van der Waals surface area contributed by atoms with Gasteiger partial charge in [-0.1, -0.05) is 32.4 Å². The fourth-order valence-electron chi connectivity index (χ4n) is 3.19. The lowest BCUT2D eigenvalue weighted by molar-refractivity contribution is 0.262. The molecular weight excluding hydrogens is 494 g/mol. The normalized spacial score (nSPS) is 11.4. The maximum Gasteiger partial charge on any atom is 0.323 e. The summed E-state index contributed by atoms with van der Waals surface area (Å²) in [5, 5.41) is 6.00. The van der Waals surface area contributed by atoms with Crippen LogP contribution in [0.25, 0.3) is 21.8 Å². The number of amides is 2. The van der Waals surface area contributed by atoms with Gasteiger partial charge in [0.15, 0.2) is 0 Å². The molecule has 0 radical (unpaired) electrons. The van der Waals surface area contributed by atoms with Gasteiger partial charge in [0.2, 0.25) is 5.95 Å². The molecule has 0 saturated carbocycles. The van der Waals surface area contributed by atoms with Crippen LogP contribution in [0, 0.1) is 11.6 Å². The van der Waals surface area contributed by atoms with Crippen LogP contribution in [0.4, 0.5) is 30.9 Å². The zero-order chi connectivity index (χ0) is 25.3. The van der Waals surface area contributed by atoms with E-state index < -0.39 is 17.7 Å². The minimum absolute atomic E-state index is 0.0849. The van der Waals surface area contributed by atoms with Gasteiger partial charge >= 0.3 is 6.03 Å². The van der Waals surface area contributed by atoms with Gasteiger partial charge in [-0.3, -0.25) is 0 Å². The quantitative estimate of drug-likeness (QED) is 0.280. The van der Waals surface area contributed by atoms with Crippen LogP contribution >= 0.6 is 22.9 Å². The minimum atomic E-state index is -0.711. The Balaban J connectivity index is 1.71. The predicted octanol–water partition coefficient (Wildman–Crippen LogP) is 6.72. The molecule has 2 heterocycles. The van der Waals surface area contributed by atoms with E-state index in [2.05, 4.69) is 20.6 Å². The summed E-state index contributed by atoms with van der Waals surface area (Å²) >= 11 is 7.40. The number of hydrogen-bond acceptors (Lipinski definition) is 6. The Labute approximate surface area is 209 Å². The maximum absolute atomic E-state index is 14.6. The van der Waals surface area contributed by atoms with Crippen molar-refractivity contribution in [1.82, 2.24) is 15.0 Å². The highest BCUT2D eigenvalue weighted by molar-refractivity contribution is 7.15. The molecule has 0 atom stereocenters. The molecule has 2 aromatic heterocycles. The van der Waals surface area contributed by atoms with E-state index in [1.165, 1.54) is 41.8 Å². The van der Waals surface area contributed by atoms with E-state index in [4.69, 9.17) is 22.3 Å². The molecule has 0 spiro atoms. The average molecular weight is 515 g/mol. The number of benzene rings is 2. The third-order valence-corrected chi connectivity index (χ3v) is 6.64. The lowest BCUT2D eigenvalue weighted by Crippen LogP contribution is -2.19. The molecule has 4 N–H and O–H groups in total. The van der Waals surface area contributed by atoms with Crippen LogP contribution in [-0.4, -0.2) is 21.0 Å². The Bertz CT molecular complexity index is 1420. The van der Waals surface area contributed by atoms with Gasteiger partial charge in [-0.15, -0.1) is 11.3 Å². The number of rotatable bonds is 4. The Morgan fingerprint density at radius 3 is 2.51 bits per heavy atom. The molecule has 0 aliphatic carbocycles. The van der Waals surface area contributed by atoms with Crippen LogP contribution < -0.4 is 16.4 Å². The summed E-state index contributed by atoms with van der Waals surface area (Å²) in [6.07, 6.45) is 1.53. The number of nitrogens with zero attached hydrogens (tertiary/aromatic N) is 3. The van der Waals surface area contributed by atoms with Crippen molar-refractivity contribution in [2.75, 3.05) is 16.4 Å². The van der Waals surface area contributed by atoms with Gasteiger partial charge in [0.05, 0.1) is 26.3 Å². The monoisotopic (exact) mass is 514 g/mol.